The van der Waals surface area contributed by atoms with Gasteiger partial charge < -0.3 is 0 Å². The minimum atomic E-state index is -0.769. The first-order valence-electron chi connectivity index (χ1n) is 7.07. The highest BCUT2D eigenvalue weighted by atomic mass is 79.9. The van der Waals surface area contributed by atoms with Gasteiger partial charge in [0.05, 0.1) is 17.0 Å². The van der Waals surface area contributed by atoms with Gasteiger partial charge >= 0.3 is 17.8 Å². The molecule has 1 saturated heterocycles. The van der Waals surface area contributed by atoms with Gasteiger partial charge in [0.2, 0.25) is 0 Å². The van der Waals surface area contributed by atoms with E-state index in [-0.39, 0.29) is 13.2 Å². The highest BCUT2D eigenvalue weighted by molar-refractivity contribution is 9.11. The molecular weight excluding hydrogens is 414 g/mol. The third kappa shape index (κ3) is 3.59. The van der Waals surface area contributed by atoms with Crippen molar-refractivity contribution >= 4 is 56.4 Å². The van der Waals surface area contributed by atoms with Crippen molar-refractivity contribution in [1.82, 2.24) is 14.7 Å². The van der Waals surface area contributed by atoms with Crippen LogP contribution in [0.4, 0.5) is 4.79 Å². The second kappa shape index (κ2) is 7.14. The van der Waals surface area contributed by atoms with E-state index >= 15 is 0 Å². The third-order valence-corrected chi connectivity index (χ3v) is 5.90. The van der Waals surface area contributed by atoms with Gasteiger partial charge in [-0.2, -0.15) is 0 Å². The summed E-state index contributed by atoms with van der Waals surface area (Å²) in [6, 6.07) is 5.11. The Morgan fingerprint density at radius 2 is 1.92 bits per heavy atom. The number of urea groups is 1. The van der Waals surface area contributed by atoms with Crippen LogP contribution in [-0.2, 0) is 22.7 Å². The molecule has 1 aliphatic heterocycles. The summed E-state index contributed by atoms with van der Waals surface area (Å²) in [5.74, 6) is -1.53. The SMILES string of the molecule is CN(Cc1csc(Br)c1)CN1C(=O)C(=O)N(Cc2cccs2)C1=O. The van der Waals surface area contributed by atoms with Crippen LogP contribution in [0, 0.1) is 0 Å². The molecule has 2 aromatic rings. The molecule has 0 radical (unpaired) electrons. The number of imide groups is 2. The number of rotatable bonds is 6. The van der Waals surface area contributed by atoms with E-state index in [0.717, 1.165) is 24.0 Å². The Bertz CT molecular complexity index is 775. The largest absolute Gasteiger partial charge is 0.335 e. The average Bonchev–Trinajstić information content (AvgIpc) is 3.23. The summed E-state index contributed by atoms with van der Waals surface area (Å²) in [5.41, 5.74) is 1.08. The molecule has 2 aromatic heterocycles. The zero-order valence-electron chi connectivity index (χ0n) is 12.8. The van der Waals surface area contributed by atoms with Gasteiger partial charge in [0.15, 0.2) is 0 Å². The molecule has 0 atom stereocenters. The molecule has 6 nitrogen and oxygen atoms in total. The highest BCUT2D eigenvalue weighted by Gasteiger charge is 2.44. The molecule has 4 amide bonds. The van der Waals surface area contributed by atoms with Crippen molar-refractivity contribution in [2.45, 2.75) is 13.1 Å². The van der Waals surface area contributed by atoms with Crippen LogP contribution in [0.1, 0.15) is 10.4 Å². The Morgan fingerprint density at radius 3 is 2.54 bits per heavy atom. The molecule has 0 aromatic carbocycles. The maximum atomic E-state index is 12.4. The van der Waals surface area contributed by atoms with Gasteiger partial charge in [-0.15, -0.1) is 22.7 Å². The molecule has 1 aliphatic rings. The van der Waals surface area contributed by atoms with E-state index in [4.69, 9.17) is 0 Å². The molecule has 9 heteroatoms. The molecule has 0 spiro atoms. The van der Waals surface area contributed by atoms with Crippen molar-refractivity contribution < 1.29 is 14.4 Å². The Hall–Kier alpha value is -1.55. The van der Waals surface area contributed by atoms with Crippen LogP contribution in [0.25, 0.3) is 0 Å². The van der Waals surface area contributed by atoms with E-state index in [2.05, 4.69) is 15.9 Å². The minimum absolute atomic E-state index is 0.0812. The number of carbonyl (C=O) groups is 3. The third-order valence-electron chi connectivity index (χ3n) is 3.49. The fourth-order valence-corrected chi connectivity index (χ4v) is 4.30. The molecular formula is C15H14BrN3O3S2. The molecule has 0 N–H and O–H groups in total. The number of nitrogens with zero attached hydrogens (tertiary/aromatic N) is 3. The monoisotopic (exact) mass is 427 g/mol. The lowest BCUT2D eigenvalue weighted by atomic mass is 10.3. The summed E-state index contributed by atoms with van der Waals surface area (Å²) in [7, 11) is 1.80. The summed E-state index contributed by atoms with van der Waals surface area (Å²) in [6.07, 6.45) is 0. The Balaban J connectivity index is 1.65. The van der Waals surface area contributed by atoms with Crippen LogP contribution >= 0.6 is 38.6 Å². The quantitative estimate of drug-likeness (QED) is 0.525. The van der Waals surface area contributed by atoms with E-state index in [1.165, 1.54) is 11.3 Å². The predicted octanol–water partition coefficient (Wildman–Crippen LogP) is 2.95. The van der Waals surface area contributed by atoms with Crippen molar-refractivity contribution in [3.8, 4) is 0 Å². The van der Waals surface area contributed by atoms with Crippen molar-refractivity contribution in [1.29, 1.82) is 0 Å². The number of hydrogen-bond acceptors (Lipinski definition) is 6. The van der Waals surface area contributed by atoms with Gasteiger partial charge in [0.1, 0.15) is 0 Å². The zero-order chi connectivity index (χ0) is 17.3. The van der Waals surface area contributed by atoms with E-state index in [9.17, 15) is 14.4 Å². The van der Waals surface area contributed by atoms with Gasteiger partial charge in [-0.1, -0.05) is 6.07 Å². The zero-order valence-corrected chi connectivity index (χ0v) is 16.0. The smallest absolute Gasteiger partial charge is 0.284 e. The first kappa shape index (κ1) is 17.3. The topological polar surface area (TPSA) is 60.9 Å². The van der Waals surface area contributed by atoms with Gasteiger partial charge in [0.25, 0.3) is 0 Å². The van der Waals surface area contributed by atoms with E-state index in [1.807, 2.05) is 33.9 Å². The lowest BCUT2D eigenvalue weighted by molar-refractivity contribution is -0.144. The number of amides is 4. The maximum Gasteiger partial charge on any atom is 0.335 e. The van der Waals surface area contributed by atoms with Crippen LogP contribution < -0.4 is 0 Å². The molecule has 1 fully saturated rings. The molecule has 0 bridgehead atoms. The normalized spacial score (nSPS) is 15.2. The lowest BCUT2D eigenvalue weighted by Gasteiger charge is -2.22. The number of carbonyl (C=O) groups excluding carboxylic acids is 3. The van der Waals surface area contributed by atoms with Crippen LogP contribution in [0.2, 0.25) is 0 Å². The summed E-state index contributed by atoms with van der Waals surface area (Å²) in [4.78, 5) is 41.3. The highest BCUT2D eigenvalue weighted by Crippen LogP contribution is 2.22. The molecule has 0 unspecified atom stereocenters. The van der Waals surface area contributed by atoms with E-state index in [0.29, 0.717) is 6.54 Å². The second-order valence-corrected chi connectivity index (χ2v) is 8.72. The molecule has 126 valence electrons. The maximum absolute atomic E-state index is 12.4. The van der Waals surface area contributed by atoms with Crippen molar-refractivity contribution in [3.05, 3.63) is 43.2 Å². The summed E-state index contributed by atoms with van der Waals surface area (Å²) < 4.78 is 1.02. The van der Waals surface area contributed by atoms with Gasteiger partial charge in [0, 0.05) is 11.4 Å². The second-order valence-electron chi connectivity index (χ2n) is 5.40. The fraction of sp³-hybridized carbons (Fsp3) is 0.267. The van der Waals surface area contributed by atoms with E-state index < -0.39 is 17.8 Å². The molecule has 0 saturated carbocycles. The molecule has 24 heavy (non-hydrogen) atoms. The van der Waals surface area contributed by atoms with Crippen molar-refractivity contribution in [3.63, 3.8) is 0 Å². The molecule has 3 heterocycles. The van der Waals surface area contributed by atoms with Crippen LogP contribution in [0.5, 0.6) is 0 Å². The standard InChI is InChI=1S/C15H14BrN3O3S2/c1-17(6-10-5-12(16)24-8-10)9-19-14(21)13(20)18(15(19)22)7-11-3-2-4-23-11/h2-5,8H,6-7,9H2,1H3. The first-order chi connectivity index (χ1) is 11.5. The van der Waals surface area contributed by atoms with E-state index in [1.54, 1.807) is 18.4 Å². The Kier molecular flexibility index (Phi) is 5.14. The molecule has 0 aliphatic carbocycles. The summed E-state index contributed by atoms with van der Waals surface area (Å²) in [5, 5.41) is 3.87. The van der Waals surface area contributed by atoms with Crippen LogP contribution in [0.15, 0.2) is 32.7 Å². The average molecular weight is 428 g/mol. The molecule has 3 rings (SSSR count). The lowest BCUT2D eigenvalue weighted by Crippen LogP contribution is -2.40. The Morgan fingerprint density at radius 1 is 1.17 bits per heavy atom. The Labute approximate surface area is 155 Å². The first-order valence-corrected chi connectivity index (χ1v) is 9.62. The van der Waals surface area contributed by atoms with Crippen molar-refractivity contribution in [2.24, 2.45) is 0 Å². The number of hydrogen-bond donors (Lipinski definition) is 0. The number of thiophene rings is 2. The van der Waals surface area contributed by atoms with Gasteiger partial charge in [-0.05, 0) is 51.4 Å². The number of halogens is 1. The summed E-state index contributed by atoms with van der Waals surface area (Å²) >= 11 is 6.42. The van der Waals surface area contributed by atoms with Crippen LogP contribution in [0.3, 0.4) is 0 Å². The summed E-state index contributed by atoms with van der Waals surface area (Å²) in [6.45, 7) is 0.800. The predicted molar refractivity (Wildman–Crippen MR) is 95.5 cm³/mol. The van der Waals surface area contributed by atoms with Gasteiger partial charge in [-0.25, -0.2) is 9.69 Å². The van der Waals surface area contributed by atoms with Crippen molar-refractivity contribution in [2.75, 3.05) is 13.7 Å². The fourth-order valence-electron chi connectivity index (χ4n) is 2.40. The van der Waals surface area contributed by atoms with Crippen LogP contribution in [-0.4, -0.2) is 46.3 Å². The minimum Gasteiger partial charge on any atom is -0.284 e. The van der Waals surface area contributed by atoms with Gasteiger partial charge in [-0.3, -0.25) is 19.4 Å².